The fourth-order valence-corrected chi connectivity index (χ4v) is 0.101. The maximum absolute atomic E-state index is 11.6. The van der Waals surface area contributed by atoms with Crippen LogP contribution in [0.15, 0.2) is 0 Å². The van der Waals surface area contributed by atoms with Crippen LogP contribution in [-0.4, -0.2) is 19.1 Å². The minimum Gasteiger partial charge on any atom is -0.362 e. The van der Waals surface area contributed by atoms with Crippen molar-refractivity contribution in [2.75, 3.05) is 7.11 Å². The molecule has 0 unspecified atom stereocenters. The third kappa shape index (κ3) is 1.42. The van der Waals surface area contributed by atoms with Crippen molar-refractivity contribution in [2.24, 2.45) is 5.73 Å². The average Bonchev–Trinajstić information content (AvgIpc) is 1.67. The van der Waals surface area contributed by atoms with Gasteiger partial charge in [-0.15, -0.1) is 0 Å². The Morgan fingerprint density at radius 3 is 2.12 bits per heavy atom. The molecule has 0 saturated carbocycles. The highest BCUT2D eigenvalue weighted by Crippen LogP contribution is 2.11. The van der Waals surface area contributed by atoms with E-state index in [9.17, 15) is 13.6 Å². The second-order valence-corrected chi connectivity index (χ2v) is 1.09. The topological polar surface area (TPSA) is 52.3 Å². The number of nitrogens with two attached hydrogens (primary N) is 1. The summed E-state index contributed by atoms with van der Waals surface area (Å²) in [5, 5.41) is 0. The first-order valence-electron chi connectivity index (χ1n) is 1.73. The standard InChI is InChI=1S/C3H5F2NO2/c1-8-3(4,5)2(6)7/h1H3,(H2,6,7). The van der Waals surface area contributed by atoms with E-state index in [0.717, 1.165) is 0 Å². The van der Waals surface area contributed by atoms with Crippen LogP contribution in [-0.2, 0) is 9.53 Å². The summed E-state index contributed by atoms with van der Waals surface area (Å²) in [6.07, 6.45) is -3.82. The molecule has 0 aromatic rings. The number of carbonyl (C=O) groups excluding carboxylic acids is 1. The van der Waals surface area contributed by atoms with Gasteiger partial charge in [0.1, 0.15) is 0 Å². The minimum atomic E-state index is -3.82. The third-order valence-electron chi connectivity index (χ3n) is 0.543. The summed E-state index contributed by atoms with van der Waals surface area (Å²) < 4.78 is 26.5. The SMILES string of the molecule is COC(F)(F)C(N)=O. The first kappa shape index (κ1) is 7.29. The number of rotatable bonds is 2. The van der Waals surface area contributed by atoms with E-state index in [-0.39, 0.29) is 0 Å². The second kappa shape index (κ2) is 2.04. The van der Waals surface area contributed by atoms with Crippen LogP contribution in [0.25, 0.3) is 0 Å². The molecule has 3 nitrogen and oxygen atoms in total. The third-order valence-corrected chi connectivity index (χ3v) is 0.543. The van der Waals surface area contributed by atoms with Crippen molar-refractivity contribution in [3.8, 4) is 0 Å². The lowest BCUT2D eigenvalue weighted by molar-refractivity contribution is -0.216. The van der Waals surface area contributed by atoms with Gasteiger partial charge in [0.05, 0.1) is 0 Å². The summed E-state index contributed by atoms with van der Waals surface area (Å²) in [4.78, 5) is 9.60. The second-order valence-electron chi connectivity index (χ2n) is 1.09. The van der Waals surface area contributed by atoms with Crippen molar-refractivity contribution >= 4 is 5.91 Å². The molecule has 48 valence electrons. The zero-order valence-corrected chi connectivity index (χ0v) is 4.15. The molecule has 0 spiro atoms. The van der Waals surface area contributed by atoms with E-state index in [0.29, 0.717) is 7.11 Å². The highest BCUT2D eigenvalue weighted by Gasteiger charge is 2.36. The van der Waals surface area contributed by atoms with Gasteiger partial charge in [0.15, 0.2) is 0 Å². The van der Waals surface area contributed by atoms with E-state index in [4.69, 9.17) is 0 Å². The summed E-state index contributed by atoms with van der Waals surface area (Å²) in [6.45, 7) is 0. The number of methoxy groups -OCH3 is 1. The van der Waals surface area contributed by atoms with E-state index >= 15 is 0 Å². The zero-order valence-electron chi connectivity index (χ0n) is 4.15. The lowest BCUT2D eigenvalue weighted by Gasteiger charge is -2.06. The first-order chi connectivity index (χ1) is 3.50. The van der Waals surface area contributed by atoms with Gasteiger partial charge in [0, 0.05) is 7.11 Å². The van der Waals surface area contributed by atoms with Gasteiger partial charge in [-0.1, -0.05) is 0 Å². The molecule has 0 aliphatic heterocycles. The monoisotopic (exact) mass is 125 g/mol. The predicted molar refractivity (Wildman–Crippen MR) is 21.2 cm³/mol. The van der Waals surface area contributed by atoms with Gasteiger partial charge in [-0.05, 0) is 0 Å². The van der Waals surface area contributed by atoms with Crippen LogP contribution in [0.4, 0.5) is 8.78 Å². The number of halogens is 2. The van der Waals surface area contributed by atoms with Crippen molar-refractivity contribution in [2.45, 2.75) is 6.11 Å². The Morgan fingerprint density at radius 1 is 1.75 bits per heavy atom. The number of ether oxygens (including phenoxy) is 1. The normalized spacial score (nSPS) is 11.4. The summed E-state index contributed by atoms with van der Waals surface area (Å²) >= 11 is 0. The number of primary amides is 1. The molecule has 0 aliphatic rings. The van der Waals surface area contributed by atoms with E-state index in [1.165, 1.54) is 0 Å². The summed E-state index contributed by atoms with van der Waals surface area (Å²) in [5.74, 6) is -1.78. The Bertz CT molecular complexity index is 103. The Hall–Kier alpha value is -0.710. The van der Waals surface area contributed by atoms with Gasteiger partial charge < -0.3 is 10.5 Å². The summed E-state index contributed by atoms with van der Waals surface area (Å²) in [5.41, 5.74) is 4.17. The Kier molecular flexibility index (Phi) is 1.86. The molecule has 0 aliphatic carbocycles. The molecule has 0 aromatic carbocycles. The van der Waals surface area contributed by atoms with Crippen molar-refractivity contribution in [3.63, 3.8) is 0 Å². The maximum atomic E-state index is 11.6. The van der Waals surface area contributed by atoms with E-state index in [1.807, 2.05) is 0 Å². The Labute approximate surface area is 44.4 Å². The first-order valence-corrected chi connectivity index (χ1v) is 1.73. The number of hydrogen-bond donors (Lipinski definition) is 1. The van der Waals surface area contributed by atoms with Crippen LogP contribution in [0.5, 0.6) is 0 Å². The quantitative estimate of drug-likeness (QED) is 0.551. The molecule has 0 heterocycles. The van der Waals surface area contributed by atoms with Gasteiger partial charge >= 0.3 is 12.0 Å². The van der Waals surface area contributed by atoms with Gasteiger partial charge in [-0.2, -0.15) is 8.78 Å². The number of hydrogen-bond acceptors (Lipinski definition) is 2. The molecular formula is C3H5F2NO2. The lowest BCUT2D eigenvalue weighted by atomic mass is 10.6. The van der Waals surface area contributed by atoms with Gasteiger partial charge in [0.2, 0.25) is 0 Å². The van der Waals surface area contributed by atoms with Crippen molar-refractivity contribution in [1.29, 1.82) is 0 Å². The number of amides is 1. The van der Waals surface area contributed by atoms with Crippen LogP contribution >= 0.6 is 0 Å². The summed E-state index contributed by atoms with van der Waals surface area (Å²) in [7, 11) is 0.699. The largest absolute Gasteiger partial charge is 0.435 e. The van der Waals surface area contributed by atoms with Gasteiger partial charge in [-0.3, -0.25) is 4.79 Å². The lowest BCUT2D eigenvalue weighted by Crippen LogP contribution is -2.36. The highest BCUT2D eigenvalue weighted by atomic mass is 19.3. The van der Waals surface area contributed by atoms with Crippen LogP contribution in [0, 0.1) is 0 Å². The maximum Gasteiger partial charge on any atom is 0.435 e. The Morgan fingerprint density at radius 2 is 2.12 bits per heavy atom. The molecule has 0 radical (unpaired) electrons. The number of alkyl halides is 2. The van der Waals surface area contributed by atoms with Gasteiger partial charge in [0.25, 0.3) is 0 Å². The molecule has 0 aromatic heterocycles. The molecule has 0 saturated heterocycles. The molecule has 0 rings (SSSR count). The summed E-state index contributed by atoms with van der Waals surface area (Å²) in [6, 6.07) is 0. The van der Waals surface area contributed by atoms with E-state index in [1.54, 1.807) is 0 Å². The molecule has 8 heavy (non-hydrogen) atoms. The van der Waals surface area contributed by atoms with E-state index < -0.39 is 12.0 Å². The molecule has 0 bridgehead atoms. The molecule has 0 atom stereocenters. The van der Waals surface area contributed by atoms with Crippen LogP contribution in [0.2, 0.25) is 0 Å². The average molecular weight is 125 g/mol. The zero-order chi connectivity index (χ0) is 6.78. The van der Waals surface area contributed by atoms with E-state index in [2.05, 4.69) is 10.5 Å². The smallest absolute Gasteiger partial charge is 0.362 e. The van der Waals surface area contributed by atoms with Crippen LogP contribution in [0.3, 0.4) is 0 Å². The number of carbonyl (C=O) groups is 1. The molecule has 1 amide bonds. The highest BCUT2D eigenvalue weighted by molar-refractivity contribution is 5.79. The molecular weight excluding hydrogens is 120 g/mol. The molecule has 0 fully saturated rings. The molecule has 2 N–H and O–H groups in total. The fourth-order valence-electron chi connectivity index (χ4n) is 0.101. The van der Waals surface area contributed by atoms with Crippen molar-refractivity contribution in [1.82, 2.24) is 0 Å². The van der Waals surface area contributed by atoms with Crippen molar-refractivity contribution in [3.05, 3.63) is 0 Å². The van der Waals surface area contributed by atoms with Crippen molar-refractivity contribution < 1.29 is 18.3 Å². The van der Waals surface area contributed by atoms with Crippen LogP contribution < -0.4 is 5.73 Å². The van der Waals surface area contributed by atoms with Crippen LogP contribution in [0.1, 0.15) is 0 Å². The predicted octanol–water partition coefficient (Wildman–Crippen LogP) is -0.289. The fraction of sp³-hybridized carbons (Fsp3) is 0.667. The molecule has 5 heteroatoms. The Balaban J connectivity index is 3.91. The van der Waals surface area contributed by atoms with Gasteiger partial charge in [-0.25, -0.2) is 0 Å². The minimum absolute atomic E-state index is 0.699.